The van der Waals surface area contributed by atoms with Gasteiger partial charge in [-0.25, -0.2) is 24.3 Å². The van der Waals surface area contributed by atoms with Gasteiger partial charge in [0.05, 0.1) is 22.5 Å². The number of hydrogen-bond acceptors (Lipinski definition) is 8. The number of carbonyl (C=O) groups excluding carboxylic acids is 1. The van der Waals surface area contributed by atoms with Crippen molar-refractivity contribution in [2.75, 3.05) is 44.4 Å². The summed E-state index contributed by atoms with van der Waals surface area (Å²) in [7, 11) is 5.46. The molecule has 0 aliphatic heterocycles. The molecule has 9 nitrogen and oxygen atoms in total. The maximum atomic E-state index is 14.8. The zero-order valence-electron chi connectivity index (χ0n) is 23.4. The van der Waals surface area contributed by atoms with E-state index < -0.39 is 23.5 Å². The average Bonchev–Trinajstić information content (AvgIpc) is 2.96. The van der Waals surface area contributed by atoms with Gasteiger partial charge in [-0.15, -0.1) is 0 Å². The number of likely N-dealkylation sites (N-methyl/N-ethyl adjacent to an activating group) is 2. The fraction of sp³-hybridized carbons (Fsp3) is 0.276. The number of aryl methyl sites for hydroxylation is 1. The van der Waals surface area contributed by atoms with E-state index in [9.17, 15) is 22.4 Å². The molecule has 4 aromatic rings. The van der Waals surface area contributed by atoms with Crippen molar-refractivity contribution in [1.82, 2.24) is 24.8 Å². The molecule has 0 saturated carbocycles. The van der Waals surface area contributed by atoms with Crippen LogP contribution < -0.4 is 15.0 Å². The molecule has 2 heterocycles. The Hall–Kier alpha value is -4.65. The van der Waals surface area contributed by atoms with Gasteiger partial charge in [-0.1, -0.05) is 6.92 Å². The molecule has 0 fully saturated rings. The third kappa shape index (κ3) is 7.35. The lowest BCUT2D eigenvalue weighted by Gasteiger charge is -2.25. The summed E-state index contributed by atoms with van der Waals surface area (Å²) in [4.78, 5) is 33.7. The number of carbonyl (C=O) groups is 1. The molecule has 0 unspecified atom stereocenters. The highest BCUT2D eigenvalue weighted by Crippen LogP contribution is 2.36. The molecule has 220 valence electrons. The van der Waals surface area contributed by atoms with Crippen LogP contribution in [0.1, 0.15) is 28.7 Å². The number of anilines is 2. The summed E-state index contributed by atoms with van der Waals surface area (Å²) in [6.07, 6.45) is -1.26. The number of ether oxygens (including phenoxy) is 1. The lowest BCUT2D eigenvalue weighted by Crippen LogP contribution is -2.29. The molecule has 2 aromatic heterocycles. The Labute approximate surface area is 240 Å². The Morgan fingerprint density at radius 1 is 1.00 bits per heavy atom. The highest BCUT2D eigenvalue weighted by atomic mass is 19.4. The van der Waals surface area contributed by atoms with Crippen LogP contribution in [0.4, 0.5) is 28.9 Å². The number of nitrogens with zero attached hydrogens (tertiary/aromatic N) is 6. The second-order valence-corrected chi connectivity index (χ2v) is 9.59. The second kappa shape index (κ2) is 12.9. The molecule has 0 spiro atoms. The van der Waals surface area contributed by atoms with Crippen molar-refractivity contribution < 1.29 is 27.1 Å². The van der Waals surface area contributed by atoms with Gasteiger partial charge < -0.3 is 19.9 Å². The number of benzene rings is 2. The molecular weight excluding hydrogens is 554 g/mol. The van der Waals surface area contributed by atoms with Gasteiger partial charge in [-0.3, -0.25) is 4.79 Å². The summed E-state index contributed by atoms with van der Waals surface area (Å²) in [5, 5.41) is 2.55. The predicted octanol–water partition coefficient (Wildman–Crippen LogP) is 5.70. The minimum atomic E-state index is -4.62. The number of aromatic nitrogens is 4. The summed E-state index contributed by atoms with van der Waals surface area (Å²) >= 11 is 0. The average molecular weight is 584 g/mol. The SMILES string of the molecule is CCc1ncnc(-c2cccnc2Oc2cc(C(=O)Nc3cc(C(F)(F)F)ccc3N(C)CCN(C)C)ccc2F)n1. The minimum absolute atomic E-state index is 0.00936. The number of nitrogens with one attached hydrogen (secondary N) is 1. The van der Waals surface area contributed by atoms with Crippen molar-refractivity contribution in [3.8, 4) is 23.0 Å². The molecule has 1 amide bonds. The van der Waals surface area contributed by atoms with E-state index in [0.29, 0.717) is 36.6 Å². The van der Waals surface area contributed by atoms with Crippen LogP contribution >= 0.6 is 0 Å². The molecule has 13 heteroatoms. The molecule has 0 bridgehead atoms. The summed E-state index contributed by atoms with van der Waals surface area (Å²) in [5.74, 6) is -1.05. The molecule has 2 aromatic carbocycles. The van der Waals surface area contributed by atoms with Gasteiger partial charge in [0.1, 0.15) is 12.2 Å². The Morgan fingerprint density at radius 2 is 1.79 bits per heavy atom. The zero-order chi connectivity index (χ0) is 30.4. The van der Waals surface area contributed by atoms with E-state index in [4.69, 9.17) is 4.74 Å². The van der Waals surface area contributed by atoms with Gasteiger partial charge in [-0.05, 0) is 62.6 Å². The van der Waals surface area contributed by atoms with Crippen LogP contribution in [-0.2, 0) is 12.6 Å². The van der Waals surface area contributed by atoms with Crippen LogP contribution in [0.5, 0.6) is 11.6 Å². The van der Waals surface area contributed by atoms with Gasteiger partial charge in [-0.2, -0.15) is 13.2 Å². The molecule has 0 atom stereocenters. The van der Waals surface area contributed by atoms with Crippen molar-refractivity contribution in [1.29, 1.82) is 0 Å². The molecule has 0 aliphatic carbocycles. The second-order valence-electron chi connectivity index (χ2n) is 9.59. The number of rotatable bonds is 10. The summed E-state index contributed by atoms with van der Waals surface area (Å²) in [6.45, 7) is 3.00. The third-order valence-electron chi connectivity index (χ3n) is 6.22. The van der Waals surface area contributed by atoms with Gasteiger partial charge in [0.25, 0.3) is 5.91 Å². The van der Waals surface area contributed by atoms with E-state index in [2.05, 4.69) is 25.3 Å². The van der Waals surface area contributed by atoms with Gasteiger partial charge in [0.2, 0.25) is 5.88 Å². The van der Waals surface area contributed by atoms with E-state index in [0.717, 1.165) is 24.3 Å². The molecule has 0 saturated heterocycles. The van der Waals surface area contributed by atoms with E-state index in [1.165, 1.54) is 24.7 Å². The summed E-state index contributed by atoms with van der Waals surface area (Å²) < 4.78 is 61.1. The van der Waals surface area contributed by atoms with Crippen molar-refractivity contribution >= 4 is 17.3 Å². The van der Waals surface area contributed by atoms with E-state index >= 15 is 0 Å². The lowest BCUT2D eigenvalue weighted by atomic mass is 10.1. The first-order chi connectivity index (χ1) is 20.0. The first-order valence-electron chi connectivity index (χ1n) is 13.0. The number of halogens is 4. The van der Waals surface area contributed by atoms with E-state index in [1.54, 1.807) is 24.1 Å². The highest BCUT2D eigenvalue weighted by Gasteiger charge is 2.31. The van der Waals surface area contributed by atoms with Crippen molar-refractivity contribution in [2.24, 2.45) is 0 Å². The Balaban J connectivity index is 1.64. The molecule has 4 rings (SSSR count). The topological polar surface area (TPSA) is 96.4 Å². The fourth-order valence-electron chi connectivity index (χ4n) is 3.91. The van der Waals surface area contributed by atoms with E-state index in [-0.39, 0.29) is 28.7 Å². The third-order valence-corrected chi connectivity index (χ3v) is 6.22. The molecule has 42 heavy (non-hydrogen) atoms. The van der Waals surface area contributed by atoms with Crippen LogP contribution in [0, 0.1) is 5.82 Å². The predicted molar refractivity (Wildman–Crippen MR) is 150 cm³/mol. The first-order valence-corrected chi connectivity index (χ1v) is 13.0. The Morgan fingerprint density at radius 3 is 2.50 bits per heavy atom. The van der Waals surface area contributed by atoms with Crippen molar-refractivity contribution in [2.45, 2.75) is 19.5 Å². The Bertz CT molecular complexity index is 1560. The quantitative estimate of drug-likeness (QED) is 0.238. The first kappa shape index (κ1) is 30.3. The van der Waals surface area contributed by atoms with E-state index in [1.807, 2.05) is 25.9 Å². The molecule has 0 radical (unpaired) electrons. The smallest absolute Gasteiger partial charge is 0.416 e. The number of alkyl halides is 3. The summed E-state index contributed by atoms with van der Waals surface area (Å²) in [5.41, 5.74) is -0.247. The monoisotopic (exact) mass is 583 g/mol. The van der Waals surface area contributed by atoms with Gasteiger partial charge in [0, 0.05) is 38.3 Å². The van der Waals surface area contributed by atoms with Crippen LogP contribution in [0.2, 0.25) is 0 Å². The Kier molecular flexibility index (Phi) is 9.31. The maximum Gasteiger partial charge on any atom is 0.416 e. The number of hydrogen-bond donors (Lipinski definition) is 1. The lowest BCUT2D eigenvalue weighted by molar-refractivity contribution is -0.137. The standard InChI is InChI=1S/C29H29F4N7O2/c1-5-25-35-17-36-26(38-25)20-7-6-12-34-28(20)42-24-15-18(8-10-21(24)30)27(41)37-22-16-19(29(31,32)33)9-11-23(22)40(4)14-13-39(2)3/h6-12,15-17H,5,13-14H2,1-4H3,(H,37,41). The zero-order valence-corrected chi connectivity index (χ0v) is 23.4. The largest absolute Gasteiger partial charge is 0.435 e. The minimum Gasteiger partial charge on any atom is -0.435 e. The van der Waals surface area contributed by atoms with Crippen molar-refractivity contribution in [3.63, 3.8) is 0 Å². The van der Waals surface area contributed by atoms with Crippen molar-refractivity contribution in [3.05, 3.63) is 83.8 Å². The highest BCUT2D eigenvalue weighted by molar-refractivity contribution is 6.06. The van der Waals surface area contributed by atoms with Crippen LogP contribution in [0.25, 0.3) is 11.4 Å². The summed E-state index contributed by atoms with van der Waals surface area (Å²) in [6, 6.07) is 9.81. The molecule has 1 N–H and O–H groups in total. The van der Waals surface area contributed by atoms with Crippen LogP contribution in [-0.4, -0.2) is 65.0 Å². The number of amides is 1. The van der Waals surface area contributed by atoms with Crippen LogP contribution in [0.15, 0.2) is 61.1 Å². The molecule has 0 aliphatic rings. The normalized spacial score (nSPS) is 11.5. The van der Waals surface area contributed by atoms with Gasteiger partial charge in [0.15, 0.2) is 17.4 Å². The number of pyridine rings is 1. The maximum absolute atomic E-state index is 14.8. The fourth-order valence-corrected chi connectivity index (χ4v) is 3.91. The molecular formula is C29H29F4N7O2. The van der Waals surface area contributed by atoms with Crippen LogP contribution in [0.3, 0.4) is 0 Å². The van der Waals surface area contributed by atoms with Gasteiger partial charge >= 0.3 is 6.18 Å².